The molecule has 0 N–H and O–H groups in total. The first-order valence-corrected chi connectivity index (χ1v) is 15.8. The molecule has 0 aliphatic carbocycles. The Bertz CT molecular complexity index is 3000. The zero-order valence-electron chi connectivity index (χ0n) is 24.9. The third-order valence-electron chi connectivity index (χ3n) is 9.63. The van der Waals surface area contributed by atoms with Gasteiger partial charge in [-0.05, 0) is 57.9 Å². The average molecular weight is 602 g/mol. The van der Waals surface area contributed by atoms with E-state index in [1.54, 1.807) is 0 Å². The van der Waals surface area contributed by atoms with Gasteiger partial charge < -0.3 is 8.83 Å². The van der Waals surface area contributed by atoms with E-state index in [4.69, 9.17) is 18.8 Å². The van der Waals surface area contributed by atoms with E-state index in [0.29, 0.717) is 11.7 Å². The fourth-order valence-electron chi connectivity index (χ4n) is 7.56. The molecule has 218 valence electrons. The molecule has 0 aliphatic rings. The lowest BCUT2D eigenvalue weighted by Crippen LogP contribution is -2.02. The van der Waals surface area contributed by atoms with Gasteiger partial charge in [-0.1, -0.05) is 103 Å². The van der Waals surface area contributed by atoms with Gasteiger partial charge in [-0.25, -0.2) is 4.98 Å². The van der Waals surface area contributed by atoms with Crippen LogP contribution in [-0.2, 0) is 0 Å². The van der Waals surface area contributed by atoms with Crippen molar-refractivity contribution in [3.05, 3.63) is 140 Å². The maximum atomic E-state index is 6.47. The molecule has 0 saturated carbocycles. The Hall–Kier alpha value is -6.46. The van der Waals surface area contributed by atoms with Crippen LogP contribution in [0.4, 0.5) is 0 Å². The summed E-state index contributed by atoms with van der Waals surface area (Å²) in [4.78, 5) is 10.6. The second kappa shape index (κ2) is 9.05. The number of aromatic nitrogens is 3. The second-order valence-electron chi connectivity index (χ2n) is 12.2. The van der Waals surface area contributed by atoms with Crippen LogP contribution in [0.1, 0.15) is 0 Å². The molecule has 4 aromatic heterocycles. The number of fused-ring (bicyclic) bond motifs is 13. The molecule has 0 unspecified atom stereocenters. The van der Waals surface area contributed by atoms with Crippen LogP contribution in [-0.4, -0.2) is 14.5 Å². The van der Waals surface area contributed by atoms with Crippen molar-refractivity contribution in [2.45, 2.75) is 0 Å². The molecule has 0 aliphatic heterocycles. The van der Waals surface area contributed by atoms with Gasteiger partial charge in [0.05, 0.1) is 22.1 Å². The van der Waals surface area contributed by atoms with Crippen LogP contribution in [0.2, 0.25) is 0 Å². The molecule has 11 aromatic rings. The molecule has 7 aromatic carbocycles. The van der Waals surface area contributed by atoms with E-state index in [2.05, 4.69) is 108 Å². The minimum Gasteiger partial charge on any atom is -0.456 e. The maximum Gasteiger partial charge on any atom is 0.238 e. The monoisotopic (exact) mass is 601 g/mol. The summed E-state index contributed by atoms with van der Waals surface area (Å²) in [6.07, 6.45) is 0. The van der Waals surface area contributed by atoms with Gasteiger partial charge in [-0.15, -0.1) is 0 Å². The SMILES string of the molecule is c1ccc2c(c1)ccc1c2c2c3ccccc3ccc2n1-c1nc(-c2ccc3c(c2)oc2ccccc23)c2c(n1)oc1ccccc12. The Morgan fingerprint density at radius 1 is 0.426 bits per heavy atom. The molecular formula is C42H23N3O2. The molecule has 0 fully saturated rings. The predicted molar refractivity (Wildman–Crippen MR) is 191 cm³/mol. The summed E-state index contributed by atoms with van der Waals surface area (Å²) in [5.41, 5.74) is 6.84. The third-order valence-corrected chi connectivity index (χ3v) is 9.63. The van der Waals surface area contributed by atoms with Gasteiger partial charge in [-0.3, -0.25) is 4.57 Å². The predicted octanol–water partition coefficient (Wildman–Crippen LogP) is 11.3. The number of nitrogens with zero attached hydrogens (tertiary/aromatic N) is 3. The van der Waals surface area contributed by atoms with Crippen molar-refractivity contribution >= 4 is 87.4 Å². The first-order valence-electron chi connectivity index (χ1n) is 15.8. The third kappa shape index (κ3) is 3.37. The van der Waals surface area contributed by atoms with Gasteiger partial charge in [0.1, 0.15) is 16.7 Å². The molecule has 0 amide bonds. The Labute approximate surface area is 266 Å². The topological polar surface area (TPSA) is 57.0 Å². The molecule has 4 heterocycles. The lowest BCUT2D eigenvalue weighted by atomic mass is 10.00. The van der Waals surface area contributed by atoms with E-state index in [-0.39, 0.29) is 0 Å². The highest BCUT2D eigenvalue weighted by Gasteiger charge is 2.23. The van der Waals surface area contributed by atoms with Crippen LogP contribution >= 0.6 is 0 Å². The van der Waals surface area contributed by atoms with Crippen molar-refractivity contribution in [3.63, 3.8) is 0 Å². The van der Waals surface area contributed by atoms with Crippen molar-refractivity contribution < 1.29 is 8.83 Å². The zero-order chi connectivity index (χ0) is 30.6. The van der Waals surface area contributed by atoms with Crippen LogP contribution in [0.3, 0.4) is 0 Å². The number of para-hydroxylation sites is 2. The summed E-state index contributed by atoms with van der Waals surface area (Å²) >= 11 is 0. The Balaban J connectivity index is 1.29. The number of hydrogen-bond donors (Lipinski definition) is 0. The van der Waals surface area contributed by atoms with Crippen molar-refractivity contribution in [3.8, 4) is 17.2 Å². The van der Waals surface area contributed by atoms with Crippen LogP contribution in [0.15, 0.2) is 148 Å². The minimum absolute atomic E-state index is 0.549. The van der Waals surface area contributed by atoms with Gasteiger partial charge in [-0.2, -0.15) is 4.98 Å². The van der Waals surface area contributed by atoms with Crippen LogP contribution < -0.4 is 0 Å². The Kier molecular flexibility index (Phi) is 4.78. The van der Waals surface area contributed by atoms with Crippen molar-refractivity contribution in [2.75, 3.05) is 0 Å². The summed E-state index contributed by atoms with van der Waals surface area (Å²) in [7, 11) is 0. The maximum absolute atomic E-state index is 6.47. The van der Waals surface area contributed by atoms with E-state index in [9.17, 15) is 0 Å². The number of furan rings is 2. The van der Waals surface area contributed by atoms with E-state index in [1.807, 2.05) is 36.4 Å². The summed E-state index contributed by atoms with van der Waals surface area (Å²) < 4.78 is 15.0. The highest BCUT2D eigenvalue weighted by Crippen LogP contribution is 2.42. The molecule has 5 heteroatoms. The number of hydrogen-bond acceptors (Lipinski definition) is 4. The first-order chi connectivity index (χ1) is 23.3. The lowest BCUT2D eigenvalue weighted by molar-refractivity contribution is 0.651. The molecule has 0 saturated heterocycles. The van der Waals surface area contributed by atoms with E-state index >= 15 is 0 Å². The molecule has 0 spiro atoms. The van der Waals surface area contributed by atoms with Crippen molar-refractivity contribution in [1.29, 1.82) is 0 Å². The standard InChI is InChI=1S/C42H23N3O2/c1-3-11-27-24(9-1)18-21-32-37(27)38-28-12-4-2-10-25(28)19-22-33(38)45(32)42-43-40(39-31-14-6-8-16-35(31)47-41(39)44-42)26-17-20-30-29-13-5-7-15-34(29)46-36(30)23-26/h1-23H. The minimum atomic E-state index is 0.549. The highest BCUT2D eigenvalue weighted by atomic mass is 16.3. The number of benzene rings is 7. The Morgan fingerprint density at radius 3 is 1.70 bits per heavy atom. The second-order valence-corrected chi connectivity index (χ2v) is 12.2. The van der Waals surface area contributed by atoms with E-state index in [0.717, 1.165) is 60.6 Å². The van der Waals surface area contributed by atoms with Crippen LogP contribution in [0, 0.1) is 0 Å². The summed E-state index contributed by atoms with van der Waals surface area (Å²) in [5.74, 6) is 0.557. The zero-order valence-corrected chi connectivity index (χ0v) is 24.9. The molecule has 0 bridgehead atoms. The van der Waals surface area contributed by atoms with Gasteiger partial charge >= 0.3 is 0 Å². The summed E-state index contributed by atoms with van der Waals surface area (Å²) in [6.45, 7) is 0. The molecule has 0 atom stereocenters. The van der Waals surface area contributed by atoms with E-state index in [1.165, 1.54) is 32.3 Å². The fourth-order valence-corrected chi connectivity index (χ4v) is 7.56. The smallest absolute Gasteiger partial charge is 0.238 e. The number of rotatable bonds is 2. The van der Waals surface area contributed by atoms with Crippen molar-refractivity contribution in [1.82, 2.24) is 14.5 Å². The first kappa shape index (κ1) is 24.8. The normalized spacial score (nSPS) is 12.3. The summed E-state index contributed by atoms with van der Waals surface area (Å²) in [5, 5.41) is 11.2. The van der Waals surface area contributed by atoms with Gasteiger partial charge in [0.15, 0.2) is 0 Å². The fraction of sp³-hybridized carbons (Fsp3) is 0. The highest BCUT2D eigenvalue weighted by molar-refractivity contribution is 6.28. The largest absolute Gasteiger partial charge is 0.456 e. The molecule has 5 nitrogen and oxygen atoms in total. The molecular weight excluding hydrogens is 578 g/mol. The average Bonchev–Trinajstić information content (AvgIpc) is 3.80. The van der Waals surface area contributed by atoms with Crippen LogP contribution in [0.25, 0.3) is 105 Å². The summed E-state index contributed by atoms with van der Waals surface area (Å²) in [6, 6.07) is 48.5. The van der Waals surface area contributed by atoms with Crippen LogP contribution in [0.5, 0.6) is 0 Å². The Morgan fingerprint density at radius 2 is 1.00 bits per heavy atom. The molecule has 47 heavy (non-hydrogen) atoms. The molecule has 11 rings (SSSR count). The quantitative estimate of drug-likeness (QED) is 0.198. The van der Waals surface area contributed by atoms with Gasteiger partial charge in [0, 0.05) is 32.5 Å². The van der Waals surface area contributed by atoms with Crippen molar-refractivity contribution in [2.24, 2.45) is 0 Å². The van der Waals surface area contributed by atoms with Gasteiger partial charge in [0.25, 0.3) is 0 Å². The van der Waals surface area contributed by atoms with E-state index < -0.39 is 0 Å². The lowest BCUT2D eigenvalue weighted by Gasteiger charge is -2.10. The molecule has 0 radical (unpaired) electrons. The van der Waals surface area contributed by atoms with Gasteiger partial charge in [0.2, 0.25) is 11.7 Å².